The second kappa shape index (κ2) is 8.62. The highest BCUT2D eigenvalue weighted by Gasteiger charge is 2.24. The number of hydrogen-bond donors (Lipinski definition) is 0. The Bertz CT molecular complexity index is 666. The molecule has 2 aromatic rings. The molecule has 0 aliphatic carbocycles. The van der Waals surface area contributed by atoms with Crippen molar-refractivity contribution in [2.75, 3.05) is 19.7 Å². The number of rotatable bonds is 5. The summed E-state index contributed by atoms with van der Waals surface area (Å²) in [6.45, 7) is 3.09. The Morgan fingerprint density at radius 1 is 1.04 bits per heavy atom. The first-order valence-electron chi connectivity index (χ1n) is 8.39. The fraction of sp³-hybridized carbons (Fsp3) is 0.350. The van der Waals surface area contributed by atoms with Crippen LogP contribution in [0.5, 0.6) is 0 Å². The van der Waals surface area contributed by atoms with Crippen LogP contribution in [-0.4, -0.2) is 30.5 Å². The Labute approximate surface area is 157 Å². The number of carbonyl (C=O) groups is 1. The number of ether oxygens (including phenoxy) is 1. The van der Waals surface area contributed by atoms with Gasteiger partial charge in [-0.1, -0.05) is 42.5 Å². The lowest BCUT2D eigenvalue weighted by Crippen LogP contribution is -2.39. The smallest absolute Gasteiger partial charge is 0.254 e. The molecule has 0 spiro atoms. The molecule has 1 heterocycles. The summed E-state index contributed by atoms with van der Waals surface area (Å²) in [4.78, 5) is 14.6. The molecule has 4 heteroatoms. The van der Waals surface area contributed by atoms with E-state index < -0.39 is 0 Å². The maximum atomic E-state index is 12.6. The molecule has 0 radical (unpaired) electrons. The molecule has 3 rings (SSSR count). The van der Waals surface area contributed by atoms with Gasteiger partial charge in [-0.25, -0.2) is 0 Å². The van der Waals surface area contributed by atoms with Crippen molar-refractivity contribution in [2.24, 2.45) is 5.92 Å². The Morgan fingerprint density at radius 2 is 1.71 bits per heavy atom. The normalized spacial score (nSPS) is 15.5. The molecule has 3 nitrogen and oxygen atoms in total. The largest absolute Gasteiger partial charge is 0.376 e. The lowest BCUT2D eigenvalue weighted by molar-refractivity contribution is 0.0478. The van der Waals surface area contributed by atoms with E-state index in [0.717, 1.165) is 41.7 Å². The SMILES string of the molecule is O=C(c1ccccc1I)N1CCC(COCc2ccccc2)CC1. The van der Waals surface area contributed by atoms with Crippen LogP contribution in [0, 0.1) is 9.49 Å². The van der Waals surface area contributed by atoms with Crippen LogP contribution in [0.25, 0.3) is 0 Å². The van der Waals surface area contributed by atoms with E-state index in [1.807, 2.05) is 47.4 Å². The highest BCUT2D eigenvalue weighted by atomic mass is 127. The third-order valence-corrected chi connectivity index (χ3v) is 5.41. The van der Waals surface area contributed by atoms with Gasteiger partial charge in [0.1, 0.15) is 0 Å². The number of nitrogens with zero attached hydrogens (tertiary/aromatic N) is 1. The Morgan fingerprint density at radius 3 is 2.42 bits per heavy atom. The van der Waals surface area contributed by atoms with Crippen LogP contribution in [0.3, 0.4) is 0 Å². The number of likely N-dealkylation sites (tertiary alicyclic amines) is 1. The highest BCUT2D eigenvalue weighted by Crippen LogP contribution is 2.21. The molecule has 1 amide bonds. The van der Waals surface area contributed by atoms with Crippen molar-refractivity contribution in [3.05, 3.63) is 69.3 Å². The first-order valence-corrected chi connectivity index (χ1v) is 9.47. The summed E-state index contributed by atoms with van der Waals surface area (Å²) in [5, 5.41) is 0. The van der Waals surface area contributed by atoms with Crippen LogP contribution in [0.1, 0.15) is 28.8 Å². The molecule has 0 atom stereocenters. The van der Waals surface area contributed by atoms with E-state index in [-0.39, 0.29) is 5.91 Å². The Kier molecular flexibility index (Phi) is 6.26. The molecule has 126 valence electrons. The van der Waals surface area contributed by atoms with Crippen LogP contribution >= 0.6 is 22.6 Å². The number of amides is 1. The van der Waals surface area contributed by atoms with Gasteiger partial charge in [0.05, 0.1) is 12.2 Å². The van der Waals surface area contributed by atoms with Gasteiger partial charge >= 0.3 is 0 Å². The van der Waals surface area contributed by atoms with Crippen molar-refractivity contribution in [2.45, 2.75) is 19.4 Å². The van der Waals surface area contributed by atoms with E-state index in [1.54, 1.807) is 0 Å². The summed E-state index contributed by atoms with van der Waals surface area (Å²) < 4.78 is 6.88. The van der Waals surface area contributed by atoms with Crippen LogP contribution < -0.4 is 0 Å². The molecule has 0 bridgehead atoms. The van der Waals surface area contributed by atoms with E-state index in [1.165, 1.54) is 5.56 Å². The third-order valence-electron chi connectivity index (χ3n) is 4.47. The molecule has 24 heavy (non-hydrogen) atoms. The number of halogens is 1. The topological polar surface area (TPSA) is 29.5 Å². The van der Waals surface area contributed by atoms with Gasteiger partial charge in [0.15, 0.2) is 0 Å². The third kappa shape index (κ3) is 4.57. The standard InChI is InChI=1S/C20H22INO2/c21-19-9-5-4-8-18(19)20(23)22-12-10-17(11-13-22)15-24-14-16-6-2-1-3-7-16/h1-9,17H,10-15H2. The minimum atomic E-state index is 0.156. The lowest BCUT2D eigenvalue weighted by Gasteiger charge is -2.32. The first kappa shape index (κ1) is 17.4. The maximum absolute atomic E-state index is 12.6. The van der Waals surface area contributed by atoms with Gasteiger partial charge in [0.2, 0.25) is 0 Å². The highest BCUT2D eigenvalue weighted by molar-refractivity contribution is 14.1. The second-order valence-electron chi connectivity index (χ2n) is 6.22. The molecule has 0 unspecified atom stereocenters. The average molecular weight is 435 g/mol. The number of hydrogen-bond acceptors (Lipinski definition) is 2. The number of benzene rings is 2. The molecular weight excluding hydrogens is 413 g/mol. The summed E-state index contributed by atoms with van der Waals surface area (Å²) >= 11 is 2.23. The second-order valence-corrected chi connectivity index (χ2v) is 7.38. The van der Waals surface area contributed by atoms with Crippen molar-refractivity contribution < 1.29 is 9.53 Å². The average Bonchev–Trinajstić information content (AvgIpc) is 2.63. The van der Waals surface area contributed by atoms with E-state index in [4.69, 9.17) is 4.74 Å². The molecule has 0 N–H and O–H groups in total. The van der Waals surface area contributed by atoms with E-state index in [2.05, 4.69) is 34.7 Å². The monoisotopic (exact) mass is 435 g/mol. The molecule has 1 aliphatic heterocycles. The molecule has 1 aliphatic rings. The van der Waals surface area contributed by atoms with Crippen LogP contribution in [-0.2, 0) is 11.3 Å². The Hall–Kier alpha value is -1.40. The predicted octanol–water partition coefficient (Wildman–Crippen LogP) is 4.36. The van der Waals surface area contributed by atoms with E-state index >= 15 is 0 Å². The number of carbonyl (C=O) groups excluding carboxylic acids is 1. The maximum Gasteiger partial charge on any atom is 0.254 e. The van der Waals surface area contributed by atoms with Crippen molar-refractivity contribution >= 4 is 28.5 Å². The predicted molar refractivity (Wildman–Crippen MR) is 104 cm³/mol. The van der Waals surface area contributed by atoms with Gasteiger partial charge in [-0.2, -0.15) is 0 Å². The lowest BCUT2D eigenvalue weighted by atomic mass is 9.97. The van der Waals surface area contributed by atoms with Gasteiger partial charge < -0.3 is 9.64 Å². The molecule has 0 saturated carbocycles. The van der Waals surface area contributed by atoms with Crippen molar-refractivity contribution in [3.8, 4) is 0 Å². The van der Waals surface area contributed by atoms with Crippen molar-refractivity contribution in [3.63, 3.8) is 0 Å². The van der Waals surface area contributed by atoms with Gasteiger partial charge in [0.25, 0.3) is 5.91 Å². The van der Waals surface area contributed by atoms with E-state index in [9.17, 15) is 4.79 Å². The zero-order valence-electron chi connectivity index (χ0n) is 13.7. The van der Waals surface area contributed by atoms with Gasteiger partial charge in [-0.15, -0.1) is 0 Å². The summed E-state index contributed by atoms with van der Waals surface area (Å²) in [7, 11) is 0. The zero-order chi connectivity index (χ0) is 16.8. The summed E-state index contributed by atoms with van der Waals surface area (Å²) in [5.41, 5.74) is 2.03. The molecule has 1 saturated heterocycles. The van der Waals surface area contributed by atoms with E-state index in [0.29, 0.717) is 12.5 Å². The minimum absolute atomic E-state index is 0.156. The minimum Gasteiger partial charge on any atom is -0.376 e. The molecule has 2 aromatic carbocycles. The molecule has 0 aromatic heterocycles. The van der Waals surface area contributed by atoms with Crippen molar-refractivity contribution in [1.82, 2.24) is 4.90 Å². The molecular formula is C20H22INO2. The first-order chi connectivity index (χ1) is 11.7. The molecule has 1 fully saturated rings. The van der Waals surface area contributed by atoms with Crippen LogP contribution in [0.4, 0.5) is 0 Å². The summed E-state index contributed by atoms with van der Waals surface area (Å²) in [6, 6.07) is 18.1. The van der Waals surface area contributed by atoms with Gasteiger partial charge in [-0.05, 0) is 59.0 Å². The number of piperidine rings is 1. The quantitative estimate of drug-likeness (QED) is 0.654. The van der Waals surface area contributed by atoms with Gasteiger partial charge in [0, 0.05) is 23.3 Å². The van der Waals surface area contributed by atoms with Crippen LogP contribution in [0.2, 0.25) is 0 Å². The zero-order valence-corrected chi connectivity index (χ0v) is 15.8. The summed E-state index contributed by atoms with van der Waals surface area (Å²) in [6.07, 6.45) is 2.04. The van der Waals surface area contributed by atoms with Crippen LogP contribution in [0.15, 0.2) is 54.6 Å². The summed E-state index contributed by atoms with van der Waals surface area (Å²) in [5.74, 6) is 0.705. The fourth-order valence-electron chi connectivity index (χ4n) is 3.03. The Balaban J connectivity index is 1.44. The van der Waals surface area contributed by atoms with Gasteiger partial charge in [-0.3, -0.25) is 4.79 Å². The van der Waals surface area contributed by atoms with Crippen molar-refractivity contribution in [1.29, 1.82) is 0 Å². The fourth-order valence-corrected chi connectivity index (χ4v) is 3.64.